The summed E-state index contributed by atoms with van der Waals surface area (Å²) in [6.45, 7) is 5.98. The van der Waals surface area contributed by atoms with Gasteiger partial charge in [0, 0.05) is 31.3 Å². The van der Waals surface area contributed by atoms with Crippen molar-refractivity contribution in [2.24, 2.45) is 5.41 Å². The normalized spacial score (nSPS) is 11.8. The van der Waals surface area contributed by atoms with Gasteiger partial charge in [0.05, 0.1) is 5.52 Å². The molecule has 1 heterocycles. The lowest BCUT2D eigenvalue weighted by molar-refractivity contribution is 0.157. The number of hydrogen-bond donors (Lipinski definition) is 2. The van der Waals surface area contributed by atoms with Gasteiger partial charge in [-0.05, 0) is 30.0 Å². The van der Waals surface area contributed by atoms with E-state index in [1.54, 1.807) is 13.4 Å². The highest BCUT2D eigenvalue weighted by Crippen LogP contribution is 2.25. The lowest BCUT2D eigenvalue weighted by atomic mass is 9.90. The van der Waals surface area contributed by atoms with Crippen molar-refractivity contribution < 1.29 is 4.74 Å². The van der Waals surface area contributed by atoms with Crippen LogP contribution in [0.15, 0.2) is 24.5 Å². The first kappa shape index (κ1) is 14.5. The van der Waals surface area contributed by atoms with E-state index in [9.17, 15) is 0 Å². The van der Waals surface area contributed by atoms with Gasteiger partial charge < -0.3 is 15.8 Å². The van der Waals surface area contributed by atoms with Gasteiger partial charge in [-0.1, -0.05) is 13.8 Å². The highest BCUT2D eigenvalue weighted by atomic mass is 16.5. The summed E-state index contributed by atoms with van der Waals surface area (Å²) < 4.78 is 5.15. The molecule has 0 saturated heterocycles. The average molecular weight is 274 g/mol. The van der Waals surface area contributed by atoms with Crippen LogP contribution in [0.2, 0.25) is 0 Å². The molecular formula is C15H22N4O. The Kier molecular flexibility index (Phi) is 4.39. The first-order valence-corrected chi connectivity index (χ1v) is 6.75. The number of nitrogen functional groups attached to an aromatic ring is 1. The SMILES string of the molecule is COCCC(C)(C)CNc1ncnc2ccc(N)cc12. The number of benzene rings is 1. The minimum absolute atomic E-state index is 0.133. The molecule has 2 rings (SSSR count). The monoisotopic (exact) mass is 274 g/mol. The molecule has 0 fully saturated rings. The van der Waals surface area contributed by atoms with Crippen molar-refractivity contribution in [3.63, 3.8) is 0 Å². The number of methoxy groups -OCH3 is 1. The fraction of sp³-hybridized carbons (Fsp3) is 0.467. The lowest BCUT2D eigenvalue weighted by Crippen LogP contribution is -2.25. The van der Waals surface area contributed by atoms with E-state index in [1.165, 1.54) is 0 Å². The van der Waals surface area contributed by atoms with Crippen molar-refractivity contribution >= 4 is 22.4 Å². The van der Waals surface area contributed by atoms with E-state index in [0.717, 1.165) is 36.3 Å². The maximum atomic E-state index is 5.84. The molecule has 1 aromatic carbocycles. The summed E-state index contributed by atoms with van der Waals surface area (Å²) in [7, 11) is 1.73. The molecule has 0 aliphatic rings. The van der Waals surface area contributed by atoms with E-state index in [1.807, 2.05) is 18.2 Å². The van der Waals surface area contributed by atoms with Crippen LogP contribution in [0, 0.1) is 5.41 Å². The maximum absolute atomic E-state index is 5.84. The summed E-state index contributed by atoms with van der Waals surface area (Å²) in [6, 6.07) is 5.66. The molecule has 0 spiro atoms. The molecule has 0 radical (unpaired) electrons. The predicted molar refractivity (Wildman–Crippen MR) is 82.7 cm³/mol. The number of anilines is 2. The Morgan fingerprint density at radius 3 is 2.85 bits per heavy atom. The van der Waals surface area contributed by atoms with Crippen LogP contribution in [0.4, 0.5) is 11.5 Å². The van der Waals surface area contributed by atoms with Gasteiger partial charge in [0.15, 0.2) is 0 Å². The van der Waals surface area contributed by atoms with E-state index in [-0.39, 0.29) is 5.41 Å². The van der Waals surface area contributed by atoms with Gasteiger partial charge >= 0.3 is 0 Å². The number of aromatic nitrogens is 2. The second kappa shape index (κ2) is 6.05. The van der Waals surface area contributed by atoms with Gasteiger partial charge in [0.25, 0.3) is 0 Å². The van der Waals surface area contributed by atoms with Crippen LogP contribution in [0.5, 0.6) is 0 Å². The van der Waals surface area contributed by atoms with E-state index >= 15 is 0 Å². The molecular weight excluding hydrogens is 252 g/mol. The van der Waals surface area contributed by atoms with E-state index in [4.69, 9.17) is 10.5 Å². The summed E-state index contributed by atoms with van der Waals surface area (Å²) in [4.78, 5) is 8.57. The highest BCUT2D eigenvalue weighted by molar-refractivity contribution is 5.91. The molecule has 5 heteroatoms. The zero-order chi connectivity index (χ0) is 14.6. The molecule has 5 nitrogen and oxygen atoms in total. The Bertz CT molecular complexity index is 583. The first-order chi connectivity index (χ1) is 9.52. The summed E-state index contributed by atoms with van der Waals surface area (Å²) in [6.07, 6.45) is 2.56. The van der Waals surface area contributed by atoms with Crippen LogP contribution in [-0.2, 0) is 4.74 Å². The van der Waals surface area contributed by atoms with Crippen LogP contribution in [0.25, 0.3) is 10.9 Å². The van der Waals surface area contributed by atoms with Crippen molar-refractivity contribution in [3.05, 3.63) is 24.5 Å². The molecule has 0 amide bonds. The molecule has 1 aromatic heterocycles. The number of nitrogens with two attached hydrogens (primary N) is 1. The van der Waals surface area contributed by atoms with Crippen molar-refractivity contribution in [2.75, 3.05) is 31.3 Å². The zero-order valence-electron chi connectivity index (χ0n) is 12.3. The molecule has 0 aliphatic heterocycles. The summed E-state index contributed by atoms with van der Waals surface area (Å²) in [5, 5.41) is 4.36. The number of ether oxygens (including phenoxy) is 1. The molecule has 0 aliphatic carbocycles. The second-order valence-electron chi connectivity index (χ2n) is 5.76. The van der Waals surface area contributed by atoms with E-state index in [0.29, 0.717) is 5.69 Å². The number of fused-ring (bicyclic) bond motifs is 1. The molecule has 3 N–H and O–H groups in total. The van der Waals surface area contributed by atoms with Gasteiger partial charge in [-0.2, -0.15) is 0 Å². The fourth-order valence-corrected chi connectivity index (χ4v) is 2.00. The summed E-state index contributed by atoms with van der Waals surface area (Å²) >= 11 is 0. The highest BCUT2D eigenvalue weighted by Gasteiger charge is 2.18. The van der Waals surface area contributed by atoms with Gasteiger partial charge in [0.1, 0.15) is 12.1 Å². The Morgan fingerprint density at radius 1 is 1.30 bits per heavy atom. The Morgan fingerprint density at radius 2 is 2.10 bits per heavy atom. The smallest absolute Gasteiger partial charge is 0.137 e. The lowest BCUT2D eigenvalue weighted by Gasteiger charge is -2.25. The van der Waals surface area contributed by atoms with Crippen LogP contribution in [0.1, 0.15) is 20.3 Å². The van der Waals surface area contributed by atoms with Crippen molar-refractivity contribution in [1.82, 2.24) is 9.97 Å². The van der Waals surface area contributed by atoms with Crippen molar-refractivity contribution in [3.8, 4) is 0 Å². The Balaban J connectivity index is 2.15. The minimum Gasteiger partial charge on any atom is -0.399 e. The van der Waals surface area contributed by atoms with Crippen LogP contribution < -0.4 is 11.1 Å². The molecule has 0 bridgehead atoms. The fourth-order valence-electron chi connectivity index (χ4n) is 2.00. The molecule has 0 unspecified atom stereocenters. The zero-order valence-corrected chi connectivity index (χ0v) is 12.3. The number of rotatable bonds is 6. The third-order valence-corrected chi connectivity index (χ3v) is 3.38. The average Bonchev–Trinajstić information content (AvgIpc) is 2.43. The molecule has 108 valence electrons. The summed E-state index contributed by atoms with van der Waals surface area (Å²) in [5.41, 5.74) is 7.58. The minimum atomic E-state index is 0.133. The predicted octanol–water partition coefficient (Wildman–Crippen LogP) is 2.69. The van der Waals surface area contributed by atoms with Gasteiger partial charge in [-0.3, -0.25) is 0 Å². The van der Waals surface area contributed by atoms with Crippen molar-refractivity contribution in [1.29, 1.82) is 0 Å². The topological polar surface area (TPSA) is 73.1 Å². The van der Waals surface area contributed by atoms with E-state index < -0.39 is 0 Å². The van der Waals surface area contributed by atoms with Crippen LogP contribution in [0.3, 0.4) is 0 Å². The van der Waals surface area contributed by atoms with Gasteiger partial charge in [-0.25, -0.2) is 9.97 Å². The maximum Gasteiger partial charge on any atom is 0.137 e. The molecule has 0 saturated carbocycles. The van der Waals surface area contributed by atoms with Gasteiger partial charge in [0.2, 0.25) is 0 Å². The van der Waals surface area contributed by atoms with Gasteiger partial charge in [-0.15, -0.1) is 0 Å². The van der Waals surface area contributed by atoms with Crippen molar-refractivity contribution in [2.45, 2.75) is 20.3 Å². The summed E-state index contributed by atoms with van der Waals surface area (Å²) in [5.74, 6) is 0.827. The third kappa shape index (κ3) is 3.57. The quantitative estimate of drug-likeness (QED) is 0.792. The number of nitrogens with zero attached hydrogens (tertiary/aromatic N) is 2. The van der Waals surface area contributed by atoms with Crippen LogP contribution in [-0.4, -0.2) is 30.2 Å². The first-order valence-electron chi connectivity index (χ1n) is 6.75. The Hall–Kier alpha value is -1.88. The largest absolute Gasteiger partial charge is 0.399 e. The molecule has 0 atom stereocenters. The third-order valence-electron chi connectivity index (χ3n) is 3.38. The Labute approximate surface area is 119 Å². The molecule has 2 aromatic rings. The number of hydrogen-bond acceptors (Lipinski definition) is 5. The second-order valence-corrected chi connectivity index (χ2v) is 5.76. The van der Waals surface area contributed by atoms with Crippen LogP contribution >= 0.6 is 0 Å². The standard InChI is InChI=1S/C15H22N4O/c1-15(2,6-7-20-3)9-17-14-12-8-11(16)4-5-13(12)18-10-19-14/h4-5,8,10H,6-7,9,16H2,1-3H3,(H,17,18,19). The van der Waals surface area contributed by atoms with E-state index in [2.05, 4.69) is 29.1 Å². The molecule has 20 heavy (non-hydrogen) atoms. The number of nitrogens with one attached hydrogen (secondary N) is 1.